The zero-order valence-corrected chi connectivity index (χ0v) is 13.3. The Labute approximate surface area is 136 Å². The molecule has 7 heteroatoms. The van der Waals surface area contributed by atoms with Gasteiger partial charge in [-0.25, -0.2) is 4.98 Å². The van der Waals surface area contributed by atoms with Crippen molar-refractivity contribution >= 4 is 22.4 Å². The molecule has 23 heavy (non-hydrogen) atoms. The van der Waals surface area contributed by atoms with Crippen LogP contribution < -0.4 is 14.8 Å². The van der Waals surface area contributed by atoms with Crippen LogP contribution in [0, 0.1) is 0 Å². The van der Waals surface area contributed by atoms with E-state index in [9.17, 15) is 4.79 Å². The fourth-order valence-corrected chi connectivity index (χ4v) is 2.74. The Kier molecular flexibility index (Phi) is 4.29. The molecule has 0 atom stereocenters. The highest BCUT2D eigenvalue weighted by molar-refractivity contribution is 7.14. The number of carbonyl (C=O) groups excluding carboxylic acids is 1. The van der Waals surface area contributed by atoms with E-state index in [4.69, 9.17) is 13.9 Å². The predicted molar refractivity (Wildman–Crippen MR) is 87.3 cm³/mol. The van der Waals surface area contributed by atoms with E-state index in [1.54, 1.807) is 26.4 Å². The number of anilines is 1. The number of ether oxygens (including phenoxy) is 2. The lowest BCUT2D eigenvalue weighted by Gasteiger charge is -2.08. The summed E-state index contributed by atoms with van der Waals surface area (Å²) in [7, 11) is 3.19. The van der Waals surface area contributed by atoms with Crippen LogP contribution in [0.4, 0.5) is 5.13 Å². The first-order chi connectivity index (χ1) is 11.2. The van der Waals surface area contributed by atoms with Gasteiger partial charge in [-0.05, 0) is 30.3 Å². The molecule has 3 aromatic rings. The van der Waals surface area contributed by atoms with E-state index in [1.165, 1.54) is 17.6 Å². The topological polar surface area (TPSA) is 73.6 Å². The van der Waals surface area contributed by atoms with Crippen molar-refractivity contribution < 1.29 is 18.7 Å². The largest absolute Gasteiger partial charge is 0.497 e. The normalized spacial score (nSPS) is 10.3. The van der Waals surface area contributed by atoms with Gasteiger partial charge in [0.1, 0.15) is 11.5 Å². The van der Waals surface area contributed by atoms with E-state index < -0.39 is 0 Å². The number of rotatable bonds is 5. The van der Waals surface area contributed by atoms with Crippen LogP contribution in [0.1, 0.15) is 10.6 Å². The summed E-state index contributed by atoms with van der Waals surface area (Å²) in [6, 6.07) is 8.72. The Morgan fingerprint density at radius 3 is 2.83 bits per heavy atom. The molecule has 1 amide bonds. The highest BCUT2D eigenvalue weighted by atomic mass is 32.1. The molecule has 1 aromatic carbocycles. The second-order valence-corrected chi connectivity index (χ2v) is 5.39. The molecule has 0 bridgehead atoms. The number of nitrogens with zero attached hydrogens (tertiary/aromatic N) is 1. The summed E-state index contributed by atoms with van der Waals surface area (Å²) in [5, 5.41) is 5.02. The predicted octanol–water partition coefficient (Wildman–Crippen LogP) is 3.67. The van der Waals surface area contributed by atoms with Crippen LogP contribution in [-0.4, -0.2) is 25.1 Å². The molecule has 0 unspecified atom stereocenters. The molecule has 2 aromatic heterocycles. The van der Waals surface area contributed by atoms with Crippen LogP contribution in [0.3, 0.4) is 0 Å². The van der Waals surface area contributed by atoms with Gasteiger partial charge in [-0.2, -0.15) is 0 Å². The molecule has 6 nitrogen and oxygen atoms in total. The van der Waals surface area contributed by atoms with Crippen LogP contribution in [0.5, 0.6) is 11.5 Å². The van der Waals surface area contributed by atoms with Crippen molar-refractivity contribution in [3.63, 3.8) is 0 Å². The smallest absolute Gasteiger partial charge is 0.293 e. The van der Waals surface area contributed by atoms with Crippen molar-refractivity contribution in [3.05, 3.63) is 47.7 Å². The van der Waals surface area contributed by atoms with Crippen LogP contribution in [0.15, 0.2) is 46.4 Å². The molecule has 0 saturated carbocycles. The number of amides is 1. The first-order valence-corrected chi connectivity index (χ1v) is 7.62. The van der Waals surface area contributed by atoms with Gasteiger partial charge < -0.3 is 13.9 Å². The molecule has 0 aliphatic heterocycles. The van der Waals surface area contributed by atoms with Crippen molar-refractivity contribution in [2.75, 3.05) is 19.5 Å². The van der Waals surface area contributed by atoms with Gasteiger partial charge in [0, 0.05) is 10.9 Å². The number of aromatic nitrogens is 1. The molecule has 118 valence electrons. The Bertz CT molecular complexity index is 811. The van der Waals surface area contributed by atoms with Gasteiger partial charge in [-0.1, -0.05) is 0 Å². The number of hydrogen-bond acceptors (Lipinski definition) is 6. The third kappa shape index (κ3) is 3.19. The molecule has 2 heterocycles. The van der Waals surface area contributed by atoms with Crippen molar-refractivity contribution in [2.24, 2.45) is 0 Å². The van der Waals surface area contributed by atoms with Crippen LogP contribution in [0.25, 0.3) is 11.3 Å². The van der Waals surface area contributed by atoms with Crippen molar-refractivity contribution in [1.82, 2.24) is 4.98 Å². The van der Waals surface area contributed by atoms with Crippen LogP contribution >= 0.6 is 11.3 Å². The van der Waals surface area contributed by atoms with Crippen molar-refractivity contribution in [2.45, 2.75) is 0 Å². The van der Waals surface area contributed by atoms with Crippen molar-refractivity contribution in [3.8, 4) is 22.8 Å². The summed E-state index contributed by atoms with van der Waals surface area (Å²) in [4.78, 5) is 16.4. The zero-order valence-electron chi connectivity index (χ0n) is 12.5. The number of furan rings is 1. The number of thiazole rings is 1. The minimum absolute atomic E-state index is 0.237. The van der Waals surface area contributed by atoms with Gasteiger partial charge in [0.2, 0.25) is 0 Å². The van der Waals surface area contributed by atoms with E-state index in [0.29, 0.717) is 22.3 Å². The SMILES string of the molecule is COc1ccc(OC)c(-c2csc(NC(=O)c3ccco3)n2)c1. The standard InChI is InChI=1S/C16H14N2O4S/c1-20-10-5-6-13(21-2)11(8-10)12-9-23-16(17-12)18-15(19)14-4-3-7-22-14/h3-9H,1-2H3,(H,17,18,19). The monoisotopic (exact) mass is 330 g/mol. The number of hydrogen-bond donors (Lipinski definition) is 1. The maximum absolute atomic E-state index is 12.0. The lowest BCUT2D eigenvalue weighted by molar-refractivity contribution is 0.0996. The fraction of sp³-hybridized carbons (Fsp3) is 0.125. The summed E-state index contributed by atoms with van der Waals surface area (Å²) in [6.45, 7) is 0. The maximum atomic E-state index is 12.0. The second-order valence-electron chi connectivity index (χ2n) is 4.54. The third-order valence-corrected chi connectivity index (χ3v) is 3.91. The molecule has 0 aliphatic carbocycles. The lowest BCUT2D eigenvalue weighted by Crippen LogP contribution is -2.10. The van der Waals surface area contributed by atoms with E-state index in [0.717, 1.165) is 5.56 Å². The summed E-state index contributed by atoms with van der Waals surface area (Å²) >= 11 is 1.32. The Balaban J connectivity index is 1.86. The number of nitrogens with one attached hydrogen (secondary N) is 1. The maximum Gasteiger partial charge on any atom is 0.293 e. The van der Waals surface area contributed by atoms with Crippen LogP contribution in [0.2, 0.25) is 0 Å². The zero-order chi connectivity index (χ0) is 16.2. The summed E-state index contributed by atoms with van der Waals surface area (Å²) in [5.74, 6) is 1.28. The Morgan fingerprint density at radius 1 is 1.26 bits per heavy atom. The highest BCUT2D eigenvalue weighted by Crippen LogP contribution is 2.35. The minimum atomic E-state index is -0.339. The minimum Gasteiger partial charge on any atom is -0.497 e. The molecule has 0 spiro atoms. The van der Waals surface area contributed by atoms with Gasteiger partial charge in [0.25, 0.3) is 5.91 Å². The molecular formula is C16H14N2O4S. The number of benzene rings is 1. The quantitative estimate of drug-likeness (QED) is 0.772. The summed E-state index contributed by atoms with van der Waals surface area (Å²) < 4.78 is 15.6. The van der Waals surface area contributed by atoms with E-state index in [2.05, 4.69) is 10.3 Å². The first kappa shape index (κ1) is 15.1. The molecule has 3 rings (SSSR count). The second kappa shape index (κ2) is 6.53. The summed E-state index contributed by atoms with van der Waals surface area (Å²) in [5.41, 5.74) is 1.49. The first-order valence-electron chi connectivity index (χ1n) is 6.74. The average Bonchev–Trinajstić information content (AvgIpc) is 3.26. The Hall–Kier alpha value is -2.80. The lowest BCUT2D eigenvalue weighted by atomic mass is 10.1. The highest BCUT2D eigenvalue weighted by Gasteiger charge is 2.14. The van der Waals surface area contributed by atoms with Gasteiger partial charge in [-0.3, -0.25) is 10.1 Å². The third-order valence-electron chi connectivity index (χ3n) is 3.15. The van der Waals surface area contributed by atoms with Crippen LogP contribution in [-0.2, 0) is 0 Å². The van der Waals surface area contributed by atoms with E-state index >= 15 is 0 Å². The van der Waals surface area contributed by atoms with E-state index in [-0.39, 0.29) is 11.7 Å². The summed E-state index contributed by atoms with van der Waals surface area (Å²) in [6.07, 6.45) is 1.45. The van der Waals surface area contributed by atoms with Gasteiger partial charge in [0.05, 0.1) is 26.2 Å². The van der Waals surface area contributed by atoms with Gasteiger partial charge in [0.15, 0.2) is 10.9 Å². The molecule has 0 radical (unpaired) electrons. The molecule has 1 N–H and O–H groups in total. The molecule has 0 fully saturated rings. The van der Waals surface area contributed by atoms with E-state index in [1.807, 2.05) is 23.6 Å². The molecule has 0 aliphatic rings. The Morgan fingerprint density at radius 2 is 2.13 bits per heavy atom. The number of methoxy groups -OCH3 is 2. The molecular weight excluding hydrogens is 316 g/mol. The fourth-order valence-electron chi connectivity index (χ4n) is 2.04. The van der Waals surface area contributed by atoms with Gasteiger partial charge in [-0.15, -0.1) is 11.3 Å². The molecule has 0 saturated heterocycles. The number of carbonyl (C=O) groups is 1. The van der Waals surface area contributed by atoms with Gasteiger partial charge >= 0.3 is 0 Å². The average molecular weight is 330 g/mol. The van der Waals surface area contributed by atoms with Crippen molar-refractivity contribution in [1.29, 1.82) is 0 Å².